The first-order chi connectivity index (χ1) is 13.5. The molecule has 180 valence electrons. The lowest BCUT2D eigenvalue weighted by molar-refractivity contribution is -0.352. The summed E-state index contributed by atoms with van der Waals surface area (Å²) in [5.41, 5.74) is -8.07. The highest BCUT2D eigenvalue weighted by molar-refractivity contribution is 5.43. The van der Waals surface area contributed by atoms with E-state index in [9.17, 15) is 41.7 Å². The molecule has 0 aliphatic heterocycles. The van der Waals surface area contributed by atoms with E-state index in [0.717, 1.165) is 0 Å². The number of hydrogen-bond donors (Lipinski definition) is 3. The first-order valence-corrected chi connectivity index (χ1v) is 9.93. The molecule has 0 saturated carbocycles. The van der Waals surface area contributed by atoms with Gasteiger partial charge in [0, 0.05) is 5.57 Å². The summed E-state index contributed by atoms with van der Waals surface area (Å²) < 4.78 is 81.8. The molecule has 31 heavy (non-hydrogen) atoms. The van der Waals surface area contributed by atoms with Gasteiger partial charge in [-0.25, -0.2) is 0 Å². The van der Waals surface area contributed by atoms with Gasteiger partial charge in [-0.3, -0.25) is 0 Å². The molecule has 1 aliphatic carbocycles. The van der Waals surface area contributed by atoms with Gasteiger partial charge in [-0.1, -0.05) is 47.6 Å². The van der Waals surface area contributed by atoms with Gasteiger partial charge in [0.25, 0.3) is 5.60 Å². The van der Waals surface area contributed by atoms with Crippen LogP contribution in [0, 0.1) is 22.7 Å². The molecular weight excluding hydrogens is 426 g/mol. The minimum atomic E-state index is -6.14. The van der Waals surface area contributed by atoms with Gasteiger partial charge in [0.1, 0.15) is 5.76 Å². The fourth-order valence-electron chi connectivity index (χ4n) is 4.11. The Morgan fingerprint density at radius 1 is 1.06 bits per heavy atom. The van der Waals surface area contributed by atoms with Gasteiger partial charge in [0.2, 0.25) is 0 Å². The molecule has 0 fully saturated rings. The predicted octanol–water partition coefficient (Wildman–Crippen LogP) is 7.16. The van der Waals surface area contributed by atoms with Crippen molar-refractivity contribution in [3.63, 3.8) is 0 Å². The highest BCUT2D eigenvalue weighted by Gasteiger charge is 2.73. The van der Waals surface area contributed by atoms with Crippen molar-refractivity contribution >= 4 is 0 Å². The zero-order valence-corrected chi connectivity index (χ0v) is 18.8. The number of halogens is 6. The van der Waals surface area contributed by atoms with Gasteiger partial charge in [-0.15, -0.1) is 0 Å². The third kappa shape index (κ3) is 5.79. The van der Waals surface area contributed by atoms with Crippen LogP contribution in [0.15, 0.2) is 34.8 Å². The molecule has 3 nitrogen and oxygen atoms in total. The zero-order valence-electron chi connectivity index (χ0n) is 18.8. The number of aliphatic hydroxyl groups is 3. The summed E-state index contributed by atoms with van der Waals surface area (Å²) in [6, 6.07) is 0. The second-order valence-electron chi connectivity index (χ2n) is 10.3. The maximum absolute atomic E-state index is 13.6. The number of aliphatic hydroxyl groups excluding tert-OH is 2. The van der Waals surface area contributed by atoms with Crippen molar-refractivity contribution < 1.29 is 41.7 Å². The van der Waals surface area contributed by atoms with Crippen LogP contribution in [0.3, 0.4) is 0 Å². The molecule has 2 unspecified atom stereocenters. The van der Waals surface area contributed by atoms with Crippen molar-refractivity contribution in [3.8, 4) is 0 Å². The van der Waals surface area contributed by atoms with Gasteiger partial charge >= 0.3 is 12.4 Å². The number of rotatable bonds is 2. The largest absolute Gasteiger partial charge is 0.512 e. The smallest absolute Gasteiger partial charge is 0.430 e. The molecule has 2 atom stereocenters. The van der Waals surface area contributed by atoms with E-state index in [1.807, 2.05) is 0 Å². The first kappa shape index (κ1) is 27.4. The molecule has 0 saturated heterocycles. The van der Waals surface area contributed by atoms with Crippen molar-refractivity contribution in [2.75, 3.05) is 0 Å². The van der Waals surface area contributed by atoms with Gasteiger partial charge < -0.3 is 15.3 Å². The second-order valence-corrected chi connectivity index (χ2v) is 10.3. The predicted molar refractivity (Wildman–Crippen MR) is 106 cm³/mol. The molecule has 9 heteroatoms. The Hall–Kier alpha value is -1.64. The molecule has 0 heterocycles. The fourth-order valence-corrected chi connectivity index (χ4v) is 4.11. The molecule has 0 bridgehead atoms. The molecule has 0 amide bonds. The standard InChI is InChI=1S/C22H32F6O3/c1-12-15(13(2)29)9-17(30)16(20(31,21(23,24)25)22(26,27)28)8-14(10-18(3,4)5)11-19(12,6)7/h8-9,12,14,29-31H,10-11H2,1-7H3/b15-13-,16-8+,17-9+. The van der Waals surface area contributed by atoms with Gasteiger partial charge in [0.15, 0.2) is 0 Å². The lowest BCUT2D eigenvalue weighted by Gasteiger charge is -2.37. The summed E-state index contributed by atoms with van der Waals surface area (Å²) in [5.74, 6) is -3.07. The Bertz CT molecular complexity index is 746. The highest BCUT2D eigenvalue weighted by atomic mass is 19.4. The van der Waals surface area contributed by atoms with Crippen LogP contribution < -0.4 is 0 Å². The van der Waals surface area contributed by atoms with Crippen LogP contribution in [-0.4, -0.2) is 33.3 Å². The molecular formula is C22H32F6O3. The van der Waals surface area contributed by atoms with E-state index in [2.05, 4.69) is 0 Å². The third-order valence-corrected chi connectivity index (χ3v) is 5.90. The first-order valence-electron chi connectivity index (χ1n) is 9.93. The lowest BCUT2D eigenvalue weighted by atomic mass is 9.68. The normalized spacial score (nSPS) is 29.1. The molecule has 0 aromatic heterocycles. The zero-order chi connectivity index (χ0) is 24.8. The van der Waals surface area contributed by atoms with Crippen molar-refractivity contribution in [3.05, 3.63) is 34.8 Å². The number of allylic oxidation sites excluding steroid dienone is 4. The number of alkyl halides is 6. The summed E-state index contributed by atoms with van der Waals surface area (Å²) >= 11 is 0. The van der Waals surface area contributed by atoms with Crippen LogP contribution in [-0.2, 0) is 0 Å². The van der Waals surface area contributed by atoms with E-state index in [4.69, 9.17) is 0 Å². The van der Waals surface area contributed by atoms with Crippen molar-refractivity contribution in [1.29, 1.82) is 0 Å². The third-order valence-electron chi connectivity index (χ3n) is 5.90. The van der Waals surface area contributed by atoms with Crippen molar-refractivity contribution in [2.45, 2.75) is 79.3 Å². The maximum atomic E-state index is 13.6. The average Bonchev–Trinajstić information content (AvgIpc) is 2.53. The quantitative estimate of drug-likeness (QED) is 0.304. The monoisotopic (exact) mass is 458 g/mol. The Balaban J connectivity index is 4.02. The Morgan fingerprint density at radius 2 is 1.52 bits per heavy atom. The lowest BCUT2D eigenvalue weighted by Crippen LogP contribution is -2.58. The molecule has 0 aromatic rings. The Labute approximate surface area is 179 Å². The van der Waals surface area contributed by atoms with E-state index in [1.54, 1.807) is 41.5 Å². The van der Waals surface area contributed by atoms with E-state index in [1.165, 1.54) is 6.92 Å². The highest BCUT2D eigenvalue weighted by Crippen LogP contribution is 2.52. The summed E-state index contributed by atoms with van der Waals surface area (Å²) in [4.78, 5) is 0. The molecule has 1 rings (SSSR count). The SMILES string of the molecule is C\C(O)=C1/C=C(O)\C(C(O)(C(F)(F)F)C(F)(F)F)=C/C(CC(C)(C)C)CC(C)(C)C1C. The van der Waals surface area contributed by atoms with Crippen LogP contribution in [0.1, 0.15) is 61.3 Å². The Kier molecular flexibility index (Phi) is 7.40. The van der Waals surface area contributed by atoms with Crippen LogP contribution in [0.2, 0.25) is 0 Å². The van der Waals surface area contributed by atoms with Crippen molar-refractivity contribution in [2.24, 2.45) is 22.7 Å². The molecule has 1 aliphatic rings. The fraction of sp³-hybridized carbons (Fsp3) is 0.727. The van der Waals surface area contributed by atoms with Gasteiger partial charge in [0.05, 0.1) is 5.76 Å². The topological polar surface area (TPSA) is 60.7 Å². The molecule has 0 radical (unpaired) electrons. The average molecular weight is 458 g/mol. The second kappa shape index (κ2) is 8.37. The molecule has 0 aromatic carbocycles. The van der Waals surface area contributed by atoms with E-state index in [0.29, 0.717) is 12.2 Å². The van der Waals surface area contributed by atoms with Crippen LogP contribution in [0.25, 0.3) is 0 Å². The summed E-state index contributed by atoms with van der Waals surface area (Å²) in [5, 5.41) is 30.6. The van der Waals surface area contributed by atoms with Crippen molar-refractivity contribution in [1.82, 2.24) is 0 Å². The van der Waals surface area contributed by atoms with Crippen LogP contribution in [0.4, 0.5) is 26.3 Å². The number of hydrogen-bond acceptors (Lipinski definition) is 3. The van der Waals surface area contributed by atoms with E-state index in [-0.39, 0.29) is 24.2 Å². The van der Waals surface area contributed by atoms with Crippen LogP contribution in [0.5, 0.6) is 0 Å². The van der Waals surface area contributed by atoms with E-state index >= 15 is 0 Å². The summed E-state index contributed by atoms with van der Waals surface area (Å²) in [7, 11) is 0. The minimum absolute atomic E-state index is 0.00323. The minimum Gasteiger partial charge on any atom is -0.512 e. The van der Waals surface area contributed by atoms with Crippen LogP contribution >= 0.6 is 0 Å². The summed E-state index contributed by atoms with van der Waals surface area (Å²) in [6.07, 6.45) is -10.5. The molecule has 3 N–H and O–H groups in total. The van der Waals surface area contributed by atoms with E-state index < -0.39 is 52.0 Å². The van der Waals surface area contributed by atoms with Gasteiger partial charge in [-0.05, 0) is 54.1 Å². The maximum Gasteiger partial charge on any atom is 0.430 e. The van der Waals surface area contributed by atoms with Gasteiger partial charge in [-0.2, -0.15) is 26.3 Å². The Morgan fingerprint density at radius 3 is 1.87 bits per heavy atom. The molecule has 0 spiro atoms. The summed E-state index contributed by atoms with van der Waals surface area (Å²) in [6.45, 7) is 11.9.